The third-order valence-electron chi connectivity index (χ3n) is 1.79. The first-order valence-electron chi connectivity index (χ1n) is 4.88. The lowest BCUT2D eigenvalue weighted by molar-refractivity contribution is 0.0196. The van der Waals surface area contributed by atoms with Gasteiger partial charge in [0.15, 0.2) is 0 Å². The molecule has 0 saturated carbocycles. The number of nitrogens with one attached hydrogen (secondary N) is 1. The van der Waals surface area contributed by atoms with Crippen molar-refractivity contribution in [3.63, 3.8) is 0 Å². The Morgan fingerprint density at radius 2 is 2.07 bits per heavy atom. The molecule has 1 N–H and O–H groups in total. The van der Waals surface area contributed by atoms with Crippen molar-refractivity contribution in [2.24, 2.45) is 5.92 Å². The molecule has 1 aromatic rings. The van der Waals surface area contributed by atoms with Gasteiger partial charge in [0.05, 0.1) is 6.61 Å². The highest BCUT2D eigenvalue weighted by atomic mass is 35.5. The number of hydrogen-bond donors (Lipinski definition) is 1. The van der Waals surface area contributed by atoms with Gasteiger partial charge < -0.3 is 4.84 Å². The lowest BCUT2D eigenvalue weighted by Gasteiger charge is -2.09. The number of halogens is 2. The molecule has 0 saturated heterocycles. The molecule has 4 heteroatoms. The molecule has 0 bridgehead atoms. The topological polar surface area (TPSA) is 21.3 Å². The molecule has 84 valence electrons. The van der Waals surface area contributed by atoms with E-state index >= 15 is 0 Å². The summed E-state index contributed by atoms with van der Waals surface area (Å²) in [5.41, 5.74) is 3.80. The van der Waals surface area contributed by atoms with Crippen molar-refractivity contribution in [3.8, 4) is 0 Å². The molecule has 1 rings (SSSR count). The highest BCUT2D eigenvalue weighted by molar-refractivity contribution is 6.33. The minimum atomic E-state index is 0.507. The summed E-state index contributed by atoms with van der Waals surface area (Å²) in [7, 11) is 0. The SMILES string of the molecule is CC(C)CONCc1cc(Cl)ccc1Cl. The van der Waals surface area contributed by atoms with Crippen LogP contribution in [0.15, 0.2) is 18.2 Å². The Bertz CT molecular complexity index is 315. The highest BCUT2D eigenvalue weighted by Gasteiger charge is 2.01. The fourth-order valence-electron chi connectivity index (χ4n) is 1.03. The van der Waals surface area contributed by atoms with E-state index in [2.05, 4.69) is 19.3 Å². The predicted octanol–water partition coefficient (Wildman–Crippen LogP) is 3.67. The zero-order chi connectivity index (χ0) is 11.3. The quantitative estimate of drug-likeness (QED) is 0.634. The lowest BCUT2D eigenvalue weighted by atomic mass is 10.2. The van der Waals surface area contributed by atoms with Gasteiger partial charge in [0.2, 0.25) is 0 Å². The maximum Gasteiger partial charge on any atom is 0.0705 e. The molecule has 0 amide bonds. The van der Waals surface area contributed by atoms with Crippen molar-refractivity contribution in [1.29, 1.82) is 0 Å². The second-order valence-electron chi connectivity index (χ2n) is 3.76. The van der Waals surface area contributed by atoms with E-state index in [1.165, 1.54) is 0 Å². The fourth-order valence-corrected chi connectivity index (χ4v) is 1.41. The molecular weight excluding hydrogens is 233 g/mol. The van der Waals surface area contributed by atoms with Crippen LogP contribution in [0.2, 0.25) is 10.0 Å². The molecule has 0 radical (unpaired) electrons. The fraction of sp³-hybridized carbons (Fsp3) is 0.455. The molecule has 0 atom stereocenters. The first kappa shape index (κ1) is 12.8. The smallest absolute Gasteiger partial charge is 0.0705 e. The van der Waals surface area contributed by atoms with E-state index in [1.807, 2.05) is 6.07 Å². The Morgan fingerprint density at radius 1 is 1.33 bits per heavy atom. The van der Waals surface area contributed by atoms with E-state index in [4.69, 9.17) is 28.0 Å². The average Bonchev–Trinajstić information content (AvgIpc) is 2.17. The molecule has 2 nitrogen and oxygen atoms in total. The van der Waals surface area contributed by atoms with Gasteiger partial charge in [-0.15, -0.1) is 0 Å². The van der Waals surface area contributed by atoms with E-state index in [0.717, 1.165) is 5.56 Å². The van der Waals surface area contributed by atoms with E-state index in [9.17, 15) is 0 Å². The van der Waals surface area contributed by atoms with Crippen LogP contribution >= 0.6 is 23.2 Å². The van der Waals surface area contributed by atoms with Crippen LogP contribution in [0, 0.1) is 5.92 Å². The number of hydrogen-bond acceptors (Lipinski definition) is 2. The zero-order valence-corrected chi connectivity index (χ0v) is 10.4. The Kier molecular flexibility index (Phi) is 5.40. The molecule has 15 heavy (non-hydrogen) atoms. The van der Waals surface area contributed by atoms with Crippen molar-refractivity contribution in [1.82, 2.24) is 5.48 Å². The van der Waals surface area contributed by atoms with Crippen LogP contribution in [-0.4, -0.2) is 6.61 Å². The minimum Gasteiger partial charge on any atom is -0.301 e. The molecule has 0 heterocycles. The predicted molar refractivity (Wildman–Crippen MR) is 64.1 cm³/mol. The zero-order valence-electron chi connectivity index (χ0n) is 8.89. The van der Waals surface area contributed by atoms with E-state index in [0.29, 0.717) is 29.1 Å². The summed E-state index contributed by atoms with van der Waals surface area (Å²) in [5, 5.41) is 1.38. The van der Waals surface area contributed by atoms with Gasteiger partial charge in [0.25, 0.3) is 0 Å². The molecule has 0 aliphatic rings. The van der Waals surface area contributed by atoms with Gasteiger partial charge in [-0.1, -0.05) is 37.0 Å². The molecule has 1 aromatic carbocycles. The average molecular weight is 248 g/mol. The van der Waals surface area contributed by atoms with Crippen LogP contribution < -0.4 is 5.48 Å². The summed E-state index contributed by atoms with van der Waals surface area (Å²) in [4.78, 5) is 5.24. The minimum absolute atomic E-state index is 0.507. The van der Waals surface area contributed by atoms with Gasteiger partial charge in [-0.2, -0.15) is 5.48 Å². The maximum atomic E-state index is 5.98. The summed E-state index contributed by atoms with van der Waals surface area (Å²) < 4.78 is 0. The molecule has 0 aliphatic carbocycles. The van der Waals surface area contributed by atoms with Crippen LogP contribution in [0.5, 0.6) is 0 Å². The largest absolute Gasteiger partial charge is 0.301 e. The normalized spacial score (nSPS) is 11.0. The van der Waals surface area contributed by atoms with Crippen LogP contribution in [0.3, 0.4) is 0 Å². The van der Waals surface area contributed by atoms with Crippen molar-refractivity contribution >= 4 is 23.2 Å². The van der Waals surface area contributed by atoms with Crippen molar-refractivity contribution in [3.05, 3.63) is 33.8 Å². The number of rotatable bonds is 5. The van der Waals surface area contributed by atoms with Crippen molar-refractivity contribution < 1.29 is 4.84 Å². The van der Waals surface area contributed by atoms with Crippen LogP contribution in [0.1, 0.15) is 19.4 Å². The summed E-state index contributed by atoms with van der Waals surface area (Å²) in [6, 6.07) is 5.38. The Labute approximate surface area is 100 Å². The molecular formula is C11H15Cl2NO. The molecule has 0 fully saturated rings. The van der Waals surface area contributed by atoms with Gasteiger partial charge in [-0.05, 0) is 29.7 Å². The van der Waals surface area contributed by atoms with Crippen LogP contribution in [0.4, 0.5) is 0 Å². The third kappa shape index (κ3) is 4.85. The van der Waals surface area contributed by atoms with Gasteiger partial charge in [-0.3, -0.25) is 0 Å². The Balaban J connectivity index is 2.40. The van der Waals surface area contributed by atoms with Gasteiger partial charge in [0, 0.05) is 16.6 Å². The van der Waals surface area contributed by atoms with E-state index in [-0.39, 0.29) is 0 Å². The van der Waals surface area contributed by atoms with E-state index < -0.39 is 0 Å². The molecule has 0 unspecified atom stereocenters. The van der Waals surface area contributed by atoms with Crippen LogP contribution in [-0.2, 0) is 11.4 Å². The molecule has 0 aliphatic heterocycles. The second kappa shape index (κ2) is 6.33. The van der Waals surface area contributed by atoms with Crippen LogP contribution in [0.25, 0.3) is 0 Å². The summed E-state index contributed by atoms with van der Waals surface area (Å²) in [6.45, 7) is 5.42. The Hall–Kier alpha value is -0.280. The lowest BCUT2D eigenvalue weighted by Crippen LogP contribution is -2.17. The molecule has 0 aromatic heterocycles. The standard InChI is InChI=1S/C11H15Cl2NO/c1-8(2)7-15-14-6-9-5-10(12)3-4-11(9)13/h3-5,8,14H,6-7H2,1-2H3. The third-order valence-corrected chi connectivity index (χ3v) is 2.39. The van der Waals surface area contributed by atoms with Gasteiger partial charge in [0.1, 0.15) is 0 Å². The van der Waals surface area contributed by atoms with Crippen molar-refractivity contribution in [2.75, 3.05) is 6.61 Å². The molecule has 0 spiro atoms. The van der Waals surface area contributed by atoms with Gasteiger partial charge >= 0.3 is 0 Å². The summed E-state index contributed by atoms with van der Waals surface area (Å²) in [5.74, 6) is 0.507. The van der Waals surface area contributed by atoms with Gasteiger partial charge in [-0.25, -0.2) is 0 Å². The van der Waals surface area contributed by atoms with E-state index in [1.54, 1.807) is 12.1 Å². The highest BCUT2D eigenvalue weighted by Crippen LogP contribution is 2.20. The number of benzene rings is 1. The summed E-state index contributed by atoms with van der Waals surface area (Å²) >= 11 is 11.8. The Morgan fingerprint density at radius 3 is 2.73 bits per heavy atom. The first-order chi connectivity index (χ1) is 7.09. The summed E-state index contributed by atoms with van der Waals surface area (Å²) in [6.07, 6.45) is 0. The first-order valence-corrected chi connectivity index (χ1v) is 5.63. The van der Waals surface area contributed by atoms with Crippen molar-refractivity contribution in [2.45, 2.75) is 20.4 Å². The monoisotopic (exact) mass is 247 g/mol. The maximum absolute atomic E-state index is 5.98. The second-order valence-corrected chi connectivity index (χ2v) is 4.61. The number of hydroxylamine groups is 1.